The van der Waals surface area contributed by atoms with Crippen LogP contribution in [0.5, 0.6) is 0 Å². The summed E-state index contributed by atoms with van der Waals surface area (Å²) in [5.74, 6) is 0. The molecule has 9 heteroatoms. The smallest absolute Gasteiger partial charge is 0.292 e. The number of nitrogens with one attached hydrogen (secondary N) is 1. The Hall–Kier alpha value is -3.61. The number of ether oxygens (including phenoxy) is 1. The van der Waals surface area contributed by atoms with Crippen molar-refractivity contribution in [3.63, 3.8) is 0 Å². The lowest BCUT2D eigenvalue weighted by Crippen LogP contribution is -2.36. The summed E-state index contributed by atoms with van der Waals surface area (Å²) in [7, 11) is 0. The predicted octanol–water partition coefficient (Wildman–Crippen LogP) is 1.98. The molecular weight excluding hydrogens is 324 g/mol. The van der Waals surface area contributed by atoms with E-state index in [1.165, 1.54) is 6.07 Å². The first kappa shape index (κ1) is 17.7. The second-order valence-electron chi connectivity index (χ2n) is 5.22. The van der Waals surface area contributed by atoms with Crippen LogP contribution in [0, 0.1) is 51.0 Å². The molecule has 0 radical (unpaired) electrons. The van der Waals surface area contributed by atoms with E-state index in [1.807, 2.05) is 4.90 Å². The fraction of sp³-hybridized carbons (Fsp3) is 0.312. The van der Waals surface area contributed by atoms with E-state index in [1.54, 1.807) is 31.2 Å². The van der Waals surface area contributed by atoms with Gasteiger partial charge in [-0.2, -0.15) is 15.8 Å². The van der Waals surface area contributed by atoms with Crippen molar-refractivity contribution in [2.75, 3.05) is 36.5 Å². The van der Waals surface area contributed by atoms with Gasteiger partial charge in [-0.15, -0.1) is 0 Å². The normalized spacial score (nSPS) is 13.1. The van der Waals surface area contributed by atoms with Gasteiger partial charge >= 0.3 is 0 Å². The van der Waals surface area contributed by atoms with Crippen molar-refractivity contribution in [2.24, 2.45) is 0 Å². The van der Waals surface area contributed by atoms with Gasteiger partial charge in [-0.25, -0.2) is 0 Å². The van der Waals surface area contributed by atoms with Crippen molar-refractivity contribution in [3.05, 3.63) is 39.1 Å². The molecule has 0 atom stereocenters. The summed E-state index contributed by atoms with van der Waals surface area (Å²) in [6.45, 7) is 3.58. The van der Waals surface area contributed by atoms with Crippen LogP contribution in [-0.4, -0.2) is 31.2 Å². The molecule has 0 spiro atoms. The van der Waals surface area contributed by atoms with E-state index in [-0.39, 0.29) is 17.0 Å². The summed E-state index contributed by atoms with van der Waals surface area (Å²) in [6, 6.07) is 8.03. The zero-order valence-corrected chi connectivity index (χ0v) is 13.4. The second kappa shape index (κ2) is 7.78. The van der Waals surface area contributed by atoms with Crippen molar-refractivity contribution in [1.82, 2.24) is 0 Å². The first-order valence-electron chi connectivity index (χ1n) is 7.35. The lowest BCUT2D eigenvalue weighted by atomic mass is 10.1. The van der Waals surface area contributed by atoms with Gasteiger partial charge < -0.3 is 15.0 Å². The fourth-order valence-corrected chi connectivity index (χ4v) is 2.44. The van der Waals surface area contributed by atoms with Gasteiger partial charge in [0, 0.05) is 24.8 Å². The van der Waals surface area contributed by atoms with Crippen molar-refractivity contribution in [3.8, 4) is 18.2 Å². The molecule has 2 rings (SSSR count). The number of allylic oxidation sites excluding steroid dienone is 2. The Bertz CT molecular complexity index is 834. The summed E-state index contributed by atoms with van der Waals surface area (Å²) < 4.78 is 5.27. The monoisotopic (exact) mass is 338 g/mol. The molecule has 1 aliphatic heterocycles. The lowest BCUT2D eigenvalue weighted by molar-refractivity contribution is -0.384. The zero-order chi connectivity index (χ0) is 18.4. The first-order chi connectivity index (χ1) is 12.0. The molecule has 25 heavy (non-hydrogen) atoms. The first-order valence-corrected chi connectivity index (χ1v) is 7.35. The van der Waals surface area contributed by atoms with E-state index in [0.717, 1.165) is 0 Å². The van der Waals surface area contributed by atoms with Crippen LogP contribution in [0.4, 0.5) is 17.1 Å². The Kier molecular flexibility index (Phi) is 5.52. The highest BCUT2D eigenvalue weighted by atomic mass is 16.6. The number of rotatable bonds is 4. The number of anilines is 2. The summed E-state index contributed by atoms with van der Waals surface area (Å²) >= 11 is 0. The van der Waals surface area contributed by atoms with Crippen LogP contribution in [0.1, 0.15) is 5.56 Å². The molecule has 1 heterocycles. The Balaban J connectivity index is 2.52. The van der Waals surface area contributed by atoms with Gasteiger partial charge in [0.25, 0.3) is 5.69 Å². The standard InChI is InChI=1S/C16H14N6O3/c1-11-6-16(22(23)24)15(21-2-4-25-5-3-21)7-13(11)20-14(10-19)12(8-17)9-18/h6-7,20H,2-5H2,1H3. The number of benzene rings is 1. The zero-order valence-electron chi connectivity index (χ0n) is 13.4. The fourth-order valence-electron chi connectivity index (χ4n) is 2.44. The molecule has 1 saturated heterocycles. The van der Waals surface area contributed by atoms with Crippen LogP contribution in [0.15, 0.2) is 23.4 Å². The molecular formula is C16H14N6O3. The second-order valence-corrected chi connectivity index (χ2v) is 5.22. The number of hydrogen-bond acceptors (Lipinski definition) is 8. The summed E-state index contributed by atoms with van der Waals surface area (Å²) in [6.07, 6.45) is 0. The van der Waals surface area contributed by atoms with Crippen molar-refractivity contribution in [1.29, 1.82) is 15.8 Å². The molecule has 0 amide bonds. The Morgan fingerprint density at radius 3 is 2.40 bits per heavy atom. The molecule has 0 unspecified atom stereocenters. The largest absolute Gasteiger partial charge is 0.378 e. The van der Waals surface area contributed by atoms with Gasteiger partial charge in [0.1, 0.15) is 29.6 Å². The molecule has 1 aliphatic rings. The molecule has 1 fully saturated rings. The third-order valence-electron chi connectivity index (χ3n) is 3.72. The molecule has 0 aliphatic carbocycles. The maximum Gasteiger partial charge on any atom is 0.292 e. The van der Waals surface area contributed by atoms with Crippen molar-refractivity contribution < 1.29 is 9.66 Å². The molecule has 0 aromatic heterocycles. The Morgan fingerprint density at radius 1 is 1.24 bits per heavy atom. The SMILES string of the molecule is Cc1cc([N+](=O)[O-])c(N2CCOCC2)cc1NC(C#N)=C(C#N)C#N. The third kappa shape index (κ3) is 3.84. The van der Waals surface area contributed by atoms with Gasteiger partial charge in [0.05, 0.1) is 18.1 Å². The van der Waals surface area contributed by atoms with E-state index in [4.69, 9.17) is 20.5 Å². The van der Waals surface area contributed by atoms with Crippen molar-refractivity contribution in [2.45, 2.75) is 6.92 Å². The molecule has 0 bridgehead atoms. The van der Waals surface area contributed by atoms with Gasteiger partial charge in [-0.05, 0) is 18.6 Å². The topological polar surface area (TPSA) is 139 Å². The summed E-state index contributed by atoms with van der Waals surface area (Å²) in [5, 5.41) is 41.1. The highest BCUT2D eigenvalue weighted by molar-refractivity contribution is 5.74. The molecule has 1 N–H and O–H groups in total. The molecule has 9 nitrogen and oxygen atoms in total. The molecule has 1 aromatic carbocycles. The van der Waals surface area contributed by atoms with Crippen LogP contribution in [0.2, 0.25) is 0 Å². The minimum absolute atomic E-state index is 0.0479. The molecule has 126 valence electrons. The highest BCUT2D eigenvalue weighted by Gasteiger charge is 2.23. The van der Waals surface area contributed by atoms with E-state index in [2.05, 4.69) is 5.32 Å². The number of aryl methyl sites for hydroxylation is 1. The van der Waals surface area contributed by atoms with Crippen LogP contribution in [-0.2, 0) is 4.74 Å². The minimum atomic E-state index is -0.460. The molecule has 1 aromatic rings. The number of nitro benzene ring substituents is 1. The number of nitriles is 3. The van der Waals surface area contributed by atoms with Crippen LogP contribution < -0.4 is 10.2 Å². The molecule has 0 saturated carbocycles. The Morgan fingerprint density at radius 2 is 1.88 bits per heavy atom. The van der Waals surface area contributed by atoms with E-state index < -0.39 is 4.92 Å². The predicted molar refractivity (Wildman–Crippen MR) is 88.4 cm³/mol. The number of nitro groups is 1. The highest BCUT2D eigenvalue weighted by Crippen LogP contribution is 2.35. The van der Waals surface area contributed by atoms with Crippen LogP contribution in [0.25, 0.3) is 0 Å². The average Bonchev–Trinajstić information content (AvgIpc) is 2.63. The minimum Gasteiger partial charge on any atom is -0.378 e. The van der Waals surface area contributed by atoms with Crippen LogP contribution >= 0.6 is 0 Å². The van der Waals surface area contributed by atoms with Gasteiger partial charge in [0.2, 0.25) is 0 Å². The van der Waals surface area contributed by atoms with E-state index >= 15 is 0 Å². The number of hydrogen-bond donors (Lipinski definition) is 1. The van der Waals surface area contributed by atoms with Crippen LogP contribution in [0.3, 0.4) is 0 Å². The van der Waals surface area contributed by atoms with Gasteiger partial charge in [0.15, 0.2) is 5.57 Å². The van der Waals surface area contributed by atoms with Gasteiger partial charge in [-0.1, -0.05) is 0 Å². The van der Waals surface area contributed by atoms with Gasteiger partial charge in [-0.3, -0.25) is 10.1 Å². The lowest BCUT2D eigenvalue weighted by Gasteiger charge is -2.29. The quantitative estimate of drug-likeness (QED) is 0.499. The third-order valence-corrected chi connectivity index (χ3v) is 3.72. The number of morpholine rings is 1. The maximum atomic E-state index is 11.4. The van der Waals surface area contributed by atoms with E-state index in [9.17, 15) is 10.1 Å². The number of nitrogens with zero attached hydrogens (tertiary/aromatic N) is 5. The van der Waals surface area contributed by atoms with E-state index in [0.29, 0.717) is 43.2 Å². The van der Waals surface area contributed by atoms with Crippen molar-refractivity contribution >= 4 is 17.1 Å². The summed E-state index contributed by atoms with van der Waals surface area (Å²) in [4.78, 5) is 12.8. The average molecular weight is 338 g/mol. The maximum absolute atomic E-state index is 11.4. The summed E-state index contributed by atoms with van der Waals surface area (Å²) in [5.41, 5.74) is 0.740. The Labute approximate surface area is 144 Å².